The zero-order chi connectivity index (χ0) is 24.6. The highest BCUT2D eigenvalue weighted by molar-refractivity contribution is 7.92. The fraction of sp³-hybridized carbons (Fsp3) is 0.227. The van der Waals surface area contributed by atoms with E-state index in [0.717, 1.165) is 12.1 Å². The number of aromatic nitrogens is 2. The Balaban J connectivity index is 1.67. The van der Waals surface area contributed by atoms with Crippen LogP contribution in [0, 0.1) is 6.92 Å². The number of sulfonamides is 1. The van der Waals surface area contributed by atoms with Crippen molar-refractivity contribution in [3.63, 3.8) is 0 Å². The number of carbonyl (C=O) groups is 2. The van der Waals surface area contributed by atoms with Crippen molar-refractivity contribution in [1.29, 1.82) is 0 Å². The molecule has 0 bridgehead atoms. The first kappa shape index (κ1) is 23.6. The van der Waals surface area contributed by atoms with E-state index in [4.69, 9.17) is 21.1 Å². The lowest BCUT2D eigenvalue weighted by molar-refractivity contribution is -0.145. The van der Waals surface area contributed by atoms with Gasteiger partial charge in [-0.15, -0.1) is 0 Å². The number of esters is 2. The van der Waals surface area contributed by atoms with Crippen LogP contribution in [-0.2, 0) is 31.3 Å². The monoisotopic (exact) mass is 505 g/mol. The Morgan fingerprint density at radius 2 is 1.88 bits per heavy atom. The van der Waals surface area contributed by atoms with Crippen molar-refractivity contribution in [3.8, 4) is 5.69 Å². The largest absolute Gasteiger partial charge is 0.463 e. The van der Waals surface area contributed by atoms with Crippen molar-refractivity contribution >= 4 is 39.3 Å². The van der Waals surface area contributed by atoms with E-state index in [1.165, 1.54) is 15.4 Å². The standard InChI is InChI=1S/C22H20ClN3O7S/c1-13-19(20(27)26(25(13)2)16-6-4-3-5-7-16)24-34(30,31)17-11-14(10-15(23)12-17)21(28)33-18-8-9-32-22(18)29/h3-7,10-12,18,24H,8-9H2,1-2H3. The lowest BCUT2D eigenvalue weighted by Crippen LogP contribution is -2.24. The van der Waals surface area contributed by atoms with Gasteiger partial charge < -0.3 is 9.47 Å². The van der Waals surface area contributed by atoms with Crippen LogP contribution in [0.4, 0.5) is 5.69 Å². The van der Waals surface area contributed by atoms with Crippen molar-refractivity contribution in [1.82, 2.24) is 9.36 Å². The summed E-state index contributed by atoms with van der Waals surface area (Å²) in [5.74, 6) is -1.59. The number of nitrogens with zero attached hydrogens (tertiary/aromatic N) is 2. The van der Waals surface area contributed by atoms with Gasteiger partial charge in [-0.3, -0.25) is 14.2 Å². The molecule has 1 N–H and O–H groups in total. The molecular weight excluding hydrogens is 486 g/mol. The highest BCUT2D eigenvalue weighted by Crippen LogP contribution is 2.24. The molecule has 10 nitrogen and oxygen atoms in total. The van der Waals surface area contributed by atoms with Gasteiger partial charge in [0.1, 0.15) is 5.69 Å². The number of hydrogen-bond donors (Lipinski definition) is 1. The summed E-state index contributed by atoms with van der Waals surface area (Å²) < 4.78 is 41.3. The van der Waals surface area contributed by atoms with E-state index >= 15 is 0 Å². The van der Waals surface area contributed by atoms with E-state index in [1.54, 1.807) is 44.3 Å². The van der Waals surface area contributed by atoms with E-state index < -0.39 is 33.6 Å². The van der Waals surface area contributed by atoms with Crippen LogP contribution in [0.2, 0.25) is 5.02 Å². The van der Waals surface area contributed by atoms with Crippen molar-refractivity contribution in [2.45, 2.75) is 24.3 Å². The van der Waals surface area contributed by atoms with E-state index in [0.29, 0.717) is 11.4 Å². The molecule has 12 heteroatoms. The second-order valence-corrected chi connectivity index (χ2v) is 9.69. The van der Waals surface area contributed by atoms with Crippen LogP contribution in [0.1, 0.15) is 22.5 Å². The van der Waals surface area contributed by atoms with Gasteiger partial charge in [-0.05, 0) is 37.3 Å². The van der Waals surface area contributed by atoms with Gasteiger partial charge in [0.05, 0.1) is 28.4 Å². The van der Waals surface area contributed by atoms with Crippen LogP contribution < -0.4 is 10.3 Å². The maximum absolute atomic E-state index is 13.1. The highest BCUT2D eigenvalue weighted by atomic mass is 35.5. The maximum atomic E-state index is 13.1. The molecule has 0 aliphatic carbocycles. The molecule has 1 atom stereocenters. The first-order chi connectivity index (χ1) is 16.1. The summed E-state index contributed by atoms with van der Waals surface area (Å²) in [6.07, 6.45) is -0.855. The molecule has 0 saturated carbocycles. The third kappa shape index (κ3) is 4.44. The Labute approximate surface area is 199 Å². The molecule has 0 spiro atoms. The van der Waals surface area contributed by atoms with Gasteiger partial charge >= 0.3 is 11.9 Å². The predicted octanol–water partition coefficient (Wildman–Crippen LogP) is 2.41. The van der Waals surface area contributed by atoms with Gasteiger partial charge in [0.15, 0.2) is 0 Å². The molecule has 1 aliphatic heterocycles. The lowest BCUT2D eigenvalue weighted by atomic mass is 10.2. The molecule has 1 aliphatic rings. The number of nitrogens with one attached hydrogen (secondary N) is 1. The van der Waals surface area contributed by atoms with Gasteiger partial charge in [-0.2, -0.15) is 0 Å². The molecule has 1 aromatic heterocycles. The minimum Gasteiger partial charge on any atom is -0.463 e. The SMILES string of the molecule is Cc1c(NS(=O)(=O)c2cc(Cl)cc(C(=O)OC3CCOC3=O)c2)c(=O)n(-c2ccccc2)n1C. The molecule has 3 aromatic rings. The number of ether oxygens (including phenoxy) is 2. The minimum atomic E-state index is -4.32. The lowest BCUT2D eigenvalue weighted by Gasteiger charge is -2.11. The van der Waals surface area contributed by atoms with Gasteiger partial charge in [0.25, 0.3) is 15.6 Å². The second kappa shape index (κ2) is 8.99. The van der Waals surface area contributed by atoms with Crippen molar-refractivity contribution in [2.24, 2.45) is 7.05 Å². The summed E-state index contributed by atoms with van der Waals surface area (Å²) in [5.41, 5.74) is 0.0417. The van der Waals surface area contributed by atoms with Crippen LogP contribution in [-0.4, -0.2) is 42.4 Å². The first-order valence-corrected chi connectivity index (χ1v) is 12.0. The molecule has 34 heavy (non-hydrogen) atoms. The number of carbonyl (C=O) groups excluding carboxylic acids is 2. The number of halogens is 1. The minimum absolute atomic E-state index is 0.0460. The fourth-order valence-electron chi connectivity index (χ4n) is 3.50. The maximum Gasteiger partial charge on any atom is 0.347 e. The summed E-state index contributed by atoms with van der Waals surface area (Å²) in [7, 11) is -2.69. The molecule has 1 fully saturated rings. The van der Waals surface area contributed by atoms with E-state index in [9.17, 15) is 22.8 Å². The molecule has 0 amide bonds. The summed E-state index contributed by atoms with van der Waals surface area (Å²) in [6.45, 7) is 1.73. The average Bonchev–Trinajstić information content (AvgIpc) is 3.29. The van der Waals surface area contributed by atoms with Crippen LogP contribution in [0.25, 0.3) is 5.69 Å². The number of cyclic esters (lactones) is 1. The quantitative estimate of drug-likeness (QED) is 0.510. The van der Waals surface area contributed by atoms with Crippen LogP contribution in [0.15, 0.2) is 58.2 Å². The summed E-state index contributed by atoms with van der Waals surface area (Å²) >= 11 is 6.06. The topological polar surface area (TPSA) is 126 Å². The van der Waals surface area contributed by atoms with E-state index in [2.05, 4.69) is 4.72 Å². The summed E-state index contributed by atoms with van der Waals surface area (Å²) in [4.78, 5) is 36.8. The summed E-state index contributed by atoms with van der Waals surface area (Å²) in [5, 5.41) is -0.0460. The molecule has 2 aromatic carbocycles. The smallest absolute Gasteiger partial charge is 0.347 e. The molecule has 1 saturated heterocycles. The molecule has 178 valence electrons. The molecular formula is C22H20ClN3O7S. The Kier molecular flexibility index (Phi) is 6.24. The van der Waals surface area contributed by atoms with Gasteiger partial charge in [-0.1, -0.05) is 29.8 Å². The second-order valence-electron chi connectivity index (χ2n) is 7.57. The zero-order valence-corrected chi connectivity index (χ0v) is 19.7. The Morgan fingerprint density at radius 3 is 2.53 bits per heavy atom. The number of rotatable bonds is 6. The van der Waals surface area contributed by atoms with Crippen LogP contribution >= 0.6 is 11.6 Å². The highest BCUT2D eigenvalue weighted by Gasteiger charge is 2.31. The number of hydrogen-bond acceptors (Lipinski definition) is 7. The third-order valence-electron chi connectivity index (χ3n) is 5.34. The Bertz CT molecular complexity index is 1450. The first-order valence-electron chi connectivity index (χ1n) is 10.1. The van der Waals surface area contributed by atoms with Gasteiger partial charge in [-0.25, -0.2) is 22.7 Å². The number of para-hydroxylation sites is 1. The van der Waals surface area contributed by atoms with Crippen LogP contribution in [0.5, 0.6) is 0 Å². The summed E-state index contributed by atoms with van der Waals surface area (Å²) in [6, 6.07) is 12.2. The van der Waals surface area contributed by atoms with Crippen molar-refractivity contribution in [3.05, 3.63) is 75.2 Å². The molecule has 4 rings (SSSR count). The molecule has 2 heterocycles. The predicted molar refractivity (Wildman–Crippen MR) is 123 cm³/mol. The van der Waals surface area contributed by atoms with E-state index in [-0.39, 0.29) is 34.2 Å². The van der Waals surface area contributed by atoms with Gasteiger partial charge in [0, 0.05) is 18.5 Å². The number of benzene rings is 2. The number of anilines is 1. The third-order valence-corrected chi connectivity index (χ3v) is 6.89. The van der Waals surface area contributed by atoms with E-state index in [1.807, 2.05) is 0 Å². The van der Waals surface area contributed by atoms with Crippen molar-refractivity contribution < 1.29 is 27.5 Å². The molecule has 0 radical (unpaired) electrons. The van der Waals surface area contributed by atoms with Crippen LogP contribution in [0.3, 0.4) is 0 Å². The van der Waals surface area contributed by atoms with Crippen molar-refractivity contribution in [2.75, 3.05) is 11.3 Å². The Hall–Kier alpha value is -3.57. The van der Waals surface area contributed by atoms with Gasteiger partial charge in [0.2, 0.25) is 6.10 Å². The normalized spacial score (nSPS) is 15.7. The fourth-order valence-corrected chi connectivity index (χ4v) is 4.98. The molecule has 1 unspecified atom stereocenters. The zero-order valence-electron chi connectivity index (χ0n) is 18.1. The average molecular weight is 506 g/mol. The Morgan fingerprint density at radius 1 is 1.18 bits per heavy atom.